The Labute approximate surface area is 132 Å². The topological polar surface area (TPSA) is 42.0 Å². The number of fused-ring (bicyclic) bond motifs is 1. The molecule has 1 saturated carbocycles. The quantitative estimate of drug-likeness (QED) is 0.906. The van der Waals surface area contributed by atoms with Crippen molar-refractivity contribution in [1.29, 1.82) is 0 Å². The number of carbonyl (C=O) groups is 1. The van der Waals surface area contributed by atoms with Gasteiger partial charge in [-0.05, 0) is 37.3 Å². The summed E-state index contributed by atoms with van der Waals surface area (Å²) in [7, 11) is 0. The third-order valence-corrected chi connectivity index (χ3v) is 5.11. The molecule has 0 saturated heterocycles. The largest absolute Gasteiger partial charge is 0.349 e. The van der Waals surface area contributed by atoms with E-state index in [1.54, 1.807) is 0 Å². The zero-order valence-electron chi connectivity index (χ0n) is 13.6. The first-order valence-corrected chi connectivity index (χ1v) is 8.23. The van der Waals surface area contributed by atoms with Crippen molar-refractivity contribution >= 4 is 16.8 Å². The van der Waals surface area contributed by atoms with Gasteiger partial charge in [0.2, 0.25) is 0 Å². The molecule has 3 atom stereocenters. The summed E-state index contributed by atoms with van der Waals surface area (Å²) in [5.74, 6) is 1.24. The van der Waals surface area contributed by atoms with E-state index in [2.05, 4.69) is 24.1 Å². The average Bonchev–Trinajstić information content (AvgIpc) is 2.51. The number of rotatable bonds is 2. The predicted octanol–water partition coefficient (Wildman–Crippen LogP) is 4.10. The molecule has 1 fully saturated rings. The number of para-hydroxylation sites is 1. The molecule has 0 bridgehead atoms. The second kappa shape index (κ2) is 6.07. The maximum absolute atomic E-state index is 12.8. The van der Waals surface area contributed by atoms with Crippen LogP contribution in [0.3, 0.4) is 0 Å². The van der Waals surface area contributed by atoms with Crippen LogP contribution in [0.1, 0.15) is 49.2 Å². The van der Waals surface area contributed by atoms with Gasteiger partial charge in [-0.3, -0.25) is 9.78 Å². The molecule has 22 heavy (non-hydrogen) atoms. The smallest absolute Gasteiger partial charge is 0.252 e. The minimum Gasteiger partial charge on any atom is -0.349 e. The molecule has 1 amide bonds. The zero-order chi connectivity index (χ0) is 15.7. The minimum atomic E-state index is 0.0349. The number of nitrogens with zero attached hydrogens (tertiary/aromatic N) is 1. The normalized spacial score (nSPS) is 25.1. The number of benzene rings is 1. The van der Waals surface area contributed by atoms with E-state index >= 15 is 0 Å². The van der Waals surface area contributed by atoms with Crippen molar-refractivity contribution < 1.29 is 4.79 Å². The van der Waals surface area contributed by atoms with Crippen LogP contribution >= 0.6 is 0 Å². The standard InChI is InChI=1S/C19H24N2O/c1-12-7-6-10-17(14(12)3)21-19(22)16-11-13(2)20-18-9-5-4-8-15(16)18/h4-5,8-9,11-12,14,17H,6-7,10H2,1-3H3,(H,21,22)/t12-,14+,17+/m1/s1. The molecule has 1 heterocycles. The van der Waals surface area contributed by atoms with Crippen molar-refractivity contribution in [2.75, 3.05) is 0 Å². The molecule has 1 aromatic carbocycles. The number of nitrogens with one attached hydrogen (secondary N) is 1. The van der Waals surface area contributed by atoms with Crippen LogP contribution in [0.5, 0.6) is 0 Å². The zero-order valence-corrected chi connectivity index (χ0v) is 13.6. The first-order chi connectivity index (χ1) is 10.6. The lowest BCUT2D eigenvalue weighted by Crippen LogP contribution is -2.43. The molecule has 3 rings (SSSR count). The Morgan fingerprint density at radius 2 is 2.00 bits per heavy atom. The molecule has 0 radical (unpaired) electrons. The molecular weight excluding hydrogens is 272 g/mol. The number of carbonyl (C=O) groups excluding carboxylic acids is 1. The van der Waals surface area contributed by atoms with Crippen molar-refractivity contribution in [1.82, 2.24) is 10.3 Å². The van der Waals surface area contributed by atoms with E-state index in [4.69, 9.17) is 0 Å². The van der Waals surface area contributed by atoms with E-state index in [1.165, 1.54) is 12.8 Å². The van der Waals surface area contributed by atoms with E-state index in [0.29, 0.717) is 11.8 Å². The van der Waals surface area contributed by atoms with Crippen molar-refractivity contribution in [3.63, 3.8) is 0 Å². The Kier molecular flexibility index (Phi) is 4.14. The Bertz CT molecular complexity index is 695. The van der Waals surface area contributed by atoms with Gasteiger partial charge in [0.15, 0.2) is 0 Å². The van der Waals surface area contributed by atoms with Gasteiger partial charge in [0, 0.05) is 17.1 Å². The van der Waals surface area contributed by atoms with Crippen molar-refractivity contribution in [2.24, 2.45) is 11.8 Å². The Balaban J connectivity index is 1.89. The highest BCUT2D eigenvalue weighted by molar-refractivity contribution is 6.06. The fourth-order valence-electron chi connectivity index (χ4n) is 3.53. The maximum Gasteiger partial charge on any atom is 0.252 e. The SMILES string of the molecule is Cc1cc(C(=O)N[C@H]2CCC[C@@H](C)[C@@H]2C)c2ccccc2n1. The van der Waals surface area contributed by atoms with E-state index in [0.717, 1.165) is 28.6 Å². The third-order valence-electron chi connectivity index (χ3n) is 5.11. The molecule has 3 nitrogen and oxygen atoms in total. The van der Waals surface area contributed by atoms with Gasteiger partial charge in [-0.25, -0.2) is 0 Å². The molecule has 0 aliphatic heterocycles. The van der Waals surface area contributed by atoms with Gasteiger partial charge in [0.1, 0.15) is 0 Å². The Morgan fingerprint density at radius 1 is 1.23 bits per heavy atom. The molecule has 0 spiro atoms. The summed E-state index contributed by atoms with van der Waals surface area (Å²) in [4.78, 5) is 17.3. The van der Waals surface area contributed by atoms with Crippen LogP contribution in [-0.2, 0) is 0 Å². The van der Waals surface area contributed by atoms with Crippen LogP contribution in [0.25, 0.3) is 10.9 Å². The van der Waals surface area contributed by atoms with Crippen molar-refractivity contribution in [3.05, 3.63) is 41.6 Å². The second-order valence-corrected chi connectivity index (χ2v) is 6.68. The summed E-state index contributed by atoms with van der Waals surface area (Å²) >= 11 is 0. The van der Waals surface area contributed by atoms with Gasteiger partial charge in [0.25, 0.3) is 5.91 Å². The number of amides is 1. The highest BCUT2D eigenvalue weighted by Gasteiger charge is 2.28. The van der Waals surface area contributed by atoms with Gasteiger partial charge in [-0.15, -0.1) is 0 Å². The maximum atomic E-state index is 12.8. The lowest BCUT2D eigenvalue weighted by Gasteiger charge is -2.34. The highest BCUT2D eigenvalue weighted by atomic mass is 16.1. The number of hydrogen-bond donors (Lipinski definition) is 1. The summed E-state index contributed by atoms with van der Waals surface area (Å²) in [5, 5.41) is 4.20. The fourth-order valence-corrected chi connectivity index (χ4v) is 3.53. The molecule has 1 N–H and O–H groups in total. The van der Waals surface area contributed by atoms with Gasteiger partial charge < -0.3 is 5.32 Å². The molecule has 116 valence electrons. The van der Waals surface area contributed by atoms with Crippen LogP contribution < -0.4 is 5.32 Å². The van der Waals surface area contributed by atoms with Crippen molar-refractivity contribution in [2.45, 2.75) is 46.1 Å². The first kappa shape index (κ1) is 15.0. The fraction of sp³-hybridized carbons (Fsp3) is 0.474. The van der Waals surface area contributed by atoms with Crippen LogP contribution in [0.2, 0.25) is 0 Å². The van der Waals surface area contributed by atoms with Crippen LogP contribution in [0, 0.1) is 18.8 Å². The minimum absolute atomic E-state index is 0.0349. The lowest BCUT2D eigenvalue weighted by molar-refractivity contribution is 0.0892. The molecule has 0 unspecified atom stereocenters. The number of hydrogen-bond acceptors (Lipinski definition) is 2. The predicted molar refractivity (Wildman–Crippen MR) is 89.9 cm³/mol. The van der Waals surface area contributed by atoms with Gasteiger partial charge in [-0.1, -0.05) is 44.9 Å². The number of aromatic nitrogens is 1. The van der Waals surface area contributed by atoms with E-state index in [-0.39, 0.29) is 11.9 Å². The summed E-state index contributed by atoms with van der Waals surface area (Å²) in [6.07, 6.45) is 3.55. The second-order valence-electron chi connectivity index (χ2n) is 6.68. The Hall–Kier alpha value is -1.90. The summed E-state index contributed by atoms with van der Waals surface area (Å²) in [6, 6.07) is 10.0. The molecule has 2 aromatic rings. The number of aryl methyl sites for hydroxylation is 1. The van der Waals surface area contributed by atoms with E-state index in [9.17, 15) is 4.79 Å². The van der Waals surface area contributed by atoms with Crippen LogP contribution in [0.15, 0.2) is 30.3 Å². The third kappa shape index (κ3) is 2.85. The summed E-state index contributed by atoms with van der Waals surface area (Å²) < 4.78 is 0. The van der Waals surface area contributed by atoms with Crippen LogP contribution in [0.4, 0.5) is 0 Å². The molecule has 1 aliphatic carbocycles. The van der Waals surface area contributed by atoms with Gasteiger partial charge in [-0.2, -0.15) is 0 Å². The lowest BCUT2D eigenvalue weighted by atomic mass is 9.78. The van der Waals surface area contributed by atoms with Gasteiger partial charge in [0.05, 0.1) is 11.1 Å². The van der Waals surface area contributed by atoms with Crippen molar-refractivity contribution in [3.8, 4) is 0 Å². The molecule has 3 heteroatoms. The summed E-state index contributed by atoms with van der Waals surface area (Å²) in [6.45, 7) is 6.48. The van der Waals surface area contributed by atoms with E-state index < -0.39 is 0 Å². The van der Waals surface area contributed by atoms with Gasteiger partial charge >= 0.3 is 0 Å². The first-order valence-electron chi connectivity index (χ1n) is 8.23. The summed E-state index contributed by atoms with van der Waals surface area (Å²) in [5.41, 5.74) is 2.51. The molecular formula is C19H24N2O. The van der Waals surface area contributed by atoms with E-state index in [1.807, 2.05) is 37.3 Å². The molecule has 1 aromatic heterocycles. The Morgan fingerprint density at radius 3 is 2.82 bits per heavy atom. The average molecular weight is 296 g/mol. The monoisotopic (exact) mass is 296 g/mol. The highest BCUT2D eigenvalue weighted by Crippen LogP contribution is 2.30. The molecule has 1 aliphatic rings. The van der Waals surface area contributed by atoms with Crippen LogP contribution in [-0.4, -0.2) is 16.9 Å². The number of pyridine rings is 1.